The van der Waals surface area contributed by atoms with Crippen molar-refractivity contribution in [1.29, 1.82) is 0 Å². The fraction of sp³-hybridized carbons (Fsp3) is 0.200. The molecule has 1 fully saturated rings. The van der Waals surface area contributed by atoms with Gasteiger partial charge >= 0.3 is 0 Å². The van der Waals surface area contributed by atoms with Gasteiger partial charge in [-0.05, 0) is 30.3 Å². The molecule has 3 rings (SSSR count). The molecule has 1 amide bonds. The third kappa shape index (κ3) is 2.54. The molecule has 1 aromatic carbocycles. The fourth-order valence-electron chi connectivity index (χ4n) is 2.23. The summed E-state index contributed by atoms with van der Waals surface area (Å²) in [4.78, 5) is 18.4. The minimum absolute atomic E-state index is 0.0127. The Kier molecular flexibility index (Phi) is 3.69. The zero-order valence-corrected chi connectivity index (χ0v) is 11.5. The highest BCUT2D eigenvalue weighted by Gasteiger charge is 2.31. The van der Waals surface area contributed by atoms with Crippen LogP contribution in [0.15, 0.2) is 48.8 Å². The van der Waals surface area contributed by atoms with Gasteiger partial charge in [-0.2, -0.15) is 0 Å². The lowest BCUT2D eigenvalue weighted by atomic mass is 10.1. The monoisotopic (exact) mass is 288 g/mol. The predicted octanol–water partition coefficient (Wildman–Crippen LogP) is 3.11. The molecule has 5 heteroatoms. The number of aromatic nitrogens is 1. The van der Waals surface area contributed by atoms with Crippen LogP contribution in [0.25, 0.3) is 0 Å². The Morgan fingerprint density at radius 2 is 2.10 bits per heavy atom. The van der Waals surface area contributed by atoms with Gasteiger partial charge in [0.25, 0.3) is 5.91 Å². The molecule has 3 nitrogen and oxygen atoms in total. The summed E-state index contributed by atoms with van der Waals surface area (Å²) < 4.78 is 12.9. The molecule has 0 spiro atoms. The summed E-state index contributed by atoms with van der Waals surface area (Å²) in [6.07, 6.45) is 3.50. The summed E-state index contributed by atoms with van der Waals surface area (Å²) in [5, 5.41) is -0.0127. The van der Waals surface area contributed by atoms with E-state index in [-0.39, 0.29) is 17.1 Å². The van der Waals surface area contributed by atoms with E-state index in [1.165, 1.54) is 24.3 Å². The Hall–Kier alpha value is -1.88. The van der Waals surface area contributed by atoms with Crippen LogP contribution in [0.2, 0.25) is 0 Å². The molecule has 1 saturated heterocycles. The number of pyridine rings is 1. The molecule has 0 saturated carbocycles. The molecule has 0 bridgehead atoms. The SMILES string of the molecule is O=C(c1ccc(F)cc1)N1CCS[C@H]1c1cccnc1. The Morgan fingerprint density at radius 1 is 1.30 bits per heavy atom. The highest BCUT2D eigenvalue weighted by Crippen LogP contribution is 2.38. The van der Waals surface area contributed by atoms with Gasteiger partial charge in [0, 0.05) is 35.8 Å². The van der Waals surface area contributed by atoms with Crippen LogP contribution in [-0.2, 0) is 0 Å². The van der Waals surface area contributed by atoms with Crippen LogP contribution in [0, 0.1) is 5.82 Å². The summed E-state index contributed by atoms with van der Waals surface area (Å²) in [6.45, 7) is 0.695. The quantitative estimate of drug-likeness (QED) is 0.851. The second-order valence-corrected chi connectivity index (χ2v) is 5.70. The molecule has 1 atom stereocenters. The minimum atomic E-state index is -0.332. The van der Waals surface area contributed by atoms with E-state index >= 15 is 0 Å². The number of carbonyl (C=O) groups excluding carboxylic acids is 1. The van der Waals surface area contributed by atoms with Crippen molar-refractivity contribution in [1.82, 2.24) is 9.88 Å². The smallest absolute Gasteiger partial charge is 0.255 e. The lowest BCUT2D eigenvalue weighted by Gasteiger charge is -2.23. The van der Waals surface area contributed by atoms with Crippen LogP contribution < -0.4 is 0 Å². The summed E-state index contributed by atoms with van der Waals surface area (Å²) in [5.74, 6) is 0.497. The van der Waals surface area contributed by atoms with E-state index in [1.54, 1.807) is 24.2 Å². The van der Waals surface area contributed by atoms with E-state index in [1.807, 2.05) is 17.0 Å². The normalized spacial score (nSPS) is 18.2. The summed E-state index contributed by atoms with van der Waals surface area (Å²) in [7, 11) is 0. The van der Waals surface area contributed by atoms with E-state index in [0.29, 0.717) is 12.1 Å². The number of nitrogens with zero attached hydrogens (tertiary/aromatic N) is 2. The fourth-order valence-corrected chi connectivity index (χ4v) is 3.47. The summed E-state index contributed by atoms with van der Waals surface area (Å²) in [5.41, 5.74) is 1.54. The molecule has 1 aliphatic heterocycles. The molecule has 0 aliphatic carbocycles. The lowest BCUT2D eigenvalue weighted by molar-refractivity contribution is 0.0760. The number of benzene rings is 1. The van der Waals surface area contributed by atoms with Crippen molar-refractivity contribution in [2.75, 3.05) is 12.3 Å². The van der Waals surface area contributed by atoms with Gasteiger partial charge in [-0.3, -0.25) is 9.78 Å². The highest BCUT2D eigenvalue weighted by molar-refractivity contribution is 7.99. The first-order chi connectivity index (χ1) is 9.75. The lowest BCUT2D eigenvalue weighted by Crippen LogP contribution is -2.30. The van der Waals surface area contributed by atoms with Gasteiger partial charge in [-0.1, -0.05) is 6.07 Å². The van der Waals surface area contributed by atoms with Gasteiger partial charge in [0.1, 0.15) is 11.2 Å². The first-order valence-electron chi connectivity index (χ1n) is 6.34. The second-order valence-electron chi connectivity index (χ2n) is 4.51. The maximum Gasteiger partial charge on any atom is 0.255 e. The van der Waals surface area contributed by atoms with E-state index in [9.17, 15) is 9.18 Å². The number of rotatable bonds is 2. The standard InChI is InChI=1S/C15H13FN2OS/c16-13-5-3-11(4-6-13)14(19)18-8-9-20-15(18)12-2-1-7-17-10-12/h1-7,10,15H,8-9H2/t15-/m0/s1. The average Bonchev–Trinajstić information content (AvgIpc) is 2.97. The predicted molar refractivity (Wildman–Crippen MR) is 76.9 cm³/mol. The molecule has 2 aromatic rings. The third-order valence-electron chi connectivity index (χ3n) is 3.21. The van der Waals surface area contributed by atoms with Gasteiger partial charge in [0.15, 0.2) is 0 Å². The van der Waals surface area contributed by atoms with Gasteiger partial charge < -0.3 is 4.90 Å². The average molecular weight is 288 g/mol. The molecule has 0 unspecified atom stereocenters. The highest BCUT2D eigenvalue weighted by atomic mass is 32.2. The molecule has 102 valence electrons. The van der Waals surface area contributed by atoms with Gasteiger partial charge in [-0.25, -0.2) is 4.39 Å². The number of hydrogen-bond donors (Lipinski definition) is 0. The Balaban J connectivity index is 1.85. The van der Waals surface area contributed by atoms with Crippen molar-refractivity contribution >= 4 is 17.7 Å². The van der Waals surface area contributed by atoms with Crippen molar-refractivity contribution in [3.05, 3.63) is 65.7 Å². The van der Waals surface area contributed by atoms with Crippen LogP contribution >= 0.6 is 11.8 Å². The summed E-state index contributed by atoms with van der Waals surface area (Å²) >= 11 is 1.72. The second kappa shape index (κ2) is 5.63. The molecular formula is C15H13FN2OS. The van der Waals surface area contributed by atoms with E-state index in [4.69, 9.17) is 0 Å². The van der Waals surface area contributed by atoms with Crippen LogP contribution in [0.4, 0.5) is 4.39 Å². The first kappa shape index (κ1) is 13.1. The zero-order valence-electron chi connectivity index (χ0n) is 10.7. The van der Waals surface area contributed by atoms with E-state index in [0.717, 1.165) is 11.3 Å². The van der Waals surface area contributed by atoms with Gasteiger partial charge in [0.2, 0.25) is 0 Å². The largest absolute Gasteiger partial charge is 0.322 e. The van der Waals surface area contributed by atoms with Gasteiger partial charge in [0.05, 0.1) is 0 Å². The zero-order chi connectivity index (χ0) is 13.9. The molecule has 0 radical (unpaired) electrons. The maximum absolute atomic E-state index is 12.9. The molecule has 0 N–H and O–H groups in total. The van der Waals surface area contributed by atoms with Crippen LogP contribution in [0.5, 0.6) is 0 Å². The molecule has 2 heterocycles. The summed E-state index contributed by atoms with van der Waals surface area (Å²) in [6, 6.07) is 9.53. The van der Waals surface area contributed by atoms with Crippen LogP contribution in [0.3, 0.4) is 0 Å². The van der Waals surface area contributed by atoms with Crippen molar-refractivity contribution in [3.63, 3.8) is 0 Å². The molecular weight excluding hydrogens is 275 g/mol. The topological polar surface area (TPSA) is 33.2 Å². The maximum atomic E-state index is 12.9. The third-order valence-corrected chi connectivity index (χ3v) is 4.47. The minimum Gasteiger partial charge on any atom is -0.322 e. The Bertz CT molecular complexity index is 603. The molecule has 1 aromatic heterocycles. The van der Waals surface area contributed by atoms with E-state index < -0.39 is 0 Å². The van der Waals surface area contributed by atoms with Gasteiger partial charge in [-0.15, -0.1) is 11.8 Å². The number of thioether (sulfide) groups is 1. The number of amides is 1. The van der Waals surface area contributed by atoms with Crippen molar-refractivity contribution < 1.29 is 9.18 Å². The van der Waals surface area contributed by atoms with Crippen molar-refractivity contribution in [3.8, 4) is 0 Å². The van der Waals surface area contributed by atoms with Crippen LogP contribution in [-0.4, -0.2) is 28.1 Å². The number of hydrogen-bond acceptors (Lipinski definition) is 3. The molecule has 1 aliphatic rings. The Morgan fingerprint density at radius 3 is 2.80 bits per heavy atom. The van der Waals surface area contributed by atoms with Crippen molar-refractivity contribution in [2.24, 2.45) is 0 Å². The number of carbonyl (C=O) groups is 1. The van der Waals surface area contributed by atoms with Crippen LogP contribution in [0.1, 0.15) is 21.3 Å². The molecule has 20 heavy (non-hydrogen) atoms. The van der Waals surface area contributed by atoms with E-state index in [2.05, 4.69) is 4.98 Å². The number of halogens is 1. The Labute approximate surface area is 120 Å². The van der Waals surface area contributed by atoms with Crippen molar-refractivity contribution in [2.45, 2.75) is 5.37 Å². The first-order valence-corrected chi connectivity index (χ1v) is 7.38.